The Bertz CT molecular complexity index is 970. The van der Waals surface area contributed by atoms with Crippen molar-refractivity contribution in [3.63, 3.8) is 0 Å². The third kappa shape index (κ3) is 1.99. The van der Waals surface area contributed by atoms with E-state index in [0.29, 0.717) is 4.88 Å². The summed E-state index contributed by atoms with van der Waals surface area (Å²) < 4.78 is 14.3. The summed E-state index contributed by atoms with van der Waals surface area (Å²) in [6.45, 7) is 0. The summed E-state index contributed by atoms with van der Waals surface area (Å²) in [5, 5.41) is 0.788. The van der Waals surface area contributed by atoms with E-state index in [2.05, 4.69) is 9.97 Å². The number of carbonyl (C=O) groups is 1. The third-order valence-electron chi connectivity index (χ3n) is 5.04. The lowest BCUT2D eigenvalue weighted by Crippen LogP contribution is -2.42. The second-order valence-corrected chi connectivity index (χ2v) is 7.46. The van der Waals surface area contributed by atoms with Gasteiger partial charge in [-0.05, 0) is 42.5 Å². The Kier molecular flexibility index (Phi) is 2.97. The maximum absolute atomic E-state index is 13.4. The molecule has 2 unspecified atom stereocenters. The first-order chi connectivity index (χ1) is 11.7. The van der Waals surface area contributed by atoms with Crippen LogP contribution in [0.5, 0.6) is 0 Å². The summed E-state index contributed by atoms with van der Waals surface area (Å²) in [6.07, 6.45) is 6.16. The first kappa shape index (κ1) is 14.0. The molecule has 1 fully saturated rings. The van der Waals surface area contributed by atoms with Gasteiger partial charge < -0.3 is 4.90 Å². The summed E-state index contributed by atoms with van der Waals surface area (Å²) in [7, 11) is 0. The number of benzene rings is 1. The fourth-order valence-electron chi connectivity index (χ4n) is 3.98. The number of nitrogens with zero attached hydrogens (tertiary/aromatic N) is 3. The van der Waals surface area contributed by atoms with Crippen LogP contribution in [0.3, 0.4) is 0 Å². The van der Waals surface area contributed by atoms with E-state index in [4.69, 9.17) is 0 Å². The molecule has 0 spiro atoms. The van der Waals surface area contributed by atoms with Gasteiger partial charge in [-0.1, -0.05) is 0 Å². The molecule has 2 aliphatic rings. The van der Waals surface area contributed by atoms with Crippen LogP contribution in [0.4, 0.5) is 4.39 Å². The van der Waals surface area contributed by atoms with Crippen molar-refractivity contribution in [3.8, 4) is 0 Å². The summed E-state index contributed by atoms with van der Waals surface area (Å²) >= 11 is 1.43. The van der Waals surface area contributed by atoms with E-state index in [1.165, 1.54) is 23.5 Å². The SMILES string of the molecule is O=C(c1cc2cc(F)ccc2s1)N1C2CCC1c1cncnc1C2. The average Bonchev–Trinajstić information content (AvgIpc) is 3.14. The van der Waals surface area contributed by atoms with Crippen molar-refractivity contribution in [1.82, 2.24) is 14.9 Å². The molecule has 3 aromatic rings. The van der Waals surface area contributed by atoms with E-state index in [0.717, 1.165) is 40.6 Å². The second kappa shape index (κ2) is 5.08. The van der Waals surface area contributed by atoms with Gasteiger partial charge in [-0.25, -0.2) is 14.4 Å². The van der Waals surface area contributed by atoms with Gasteiger partial charge in [0.1, 0.15) is 12.1 Å². The van der Waals surface area contributed by atoms with E-state index < -0.39 is 0 Å². The van der Waals surface area contributed by atoms with Crippen LogP contribution >= 0.6 is 11.3 Å². The minimum atomic E-state index is -0.275. The van der Waals surface area contributed by atoms with Crippen LogP contribution < -0.4 is 0 Å². The van der Waals surface area contributed by atoms with E-state index in [1.807, 2.05) is 17.2 Å². The molecule has 1 aromatic carbocycles. The fourth-order valence-corrected chi connectivity index (χ4v) is 4.97. The molecule has 5 rings (SSSR count). The molecule has 0 N–H and O–H groups in total. The molecule has 0 saturated carbocycles. The smallest absolute Gasteiger partial charge is 0.264 e. The van der Waals surface area contributed by atoms with Gasteiger partial charge in [0.15, 0.2) is 0 Å². The molecule has 2 bridgehead atoms. The number of fused-ring (bicyclic) bond motifs is 5. The van der Waals surface area contributed by atoms with Gasteiger partial charge in [0, 0.05) is 28.9 Å². The van der Waals surface area contributed by atoms with E-state index in [1.54, 1.807) is 12.4 Å². The molecule has 6 heteroatoms. The van der Waals surface area contributed by atoms with Gasteiger partial charge in [-0.2, -0.15) is 0 Å². The van der Waals surface area contributed by atoms with Crippen LogP contribution in [0.1, 0.15) is 39.8 Å². The van der Waals surface area contributed by atoms with Gasteiger partial charge in [0.05, 0.1) is 16.6 Å². The first-order valence-electron chi connectivity index (χ1n) is 8.01. The molecule has 1 amide bonds. The Labute approximate surface area is 142 Å². The summed E-state index contributed by atoms with van der Waals surface area (Å²) in [5.74, 6) is -0.234. The molecule has 2 atom stereocenters. The quantitative estimate of drug-likeness (QED) is 0.679. The highest BCUT2D eigenvalue weighted by Crippen LogP contribution is 2.44. The fraction of sp³-hybridized carbons (Fsp3) is 0.278. The van der Waals surface area contributed by atoms with Gasteiger partial charge in [0.25, 0.3) is 5.91 Å². The van der Waals surface area contributed by atoms with Gasteiger partial charge in [-0.3, -0.25) is 4.79 Å². The lowest BCUT2D eigenvalue weighted by atomic mass is 9.99. The zero-order chi connectivity index (χ0) is 16.3. The van der Waals surface area contributed by atoms with Gasteiger partial charge in [0.2, 0.25) is 0 Å². The zero-order valence-corrected chi connectivity index (χ0v) is 13.6. The van der Waals surface area contributed by atoms with Crippen molar-refractivity contribution in [2.24, 2.45) is 0 Å². The summed E-state index contributed by atoms with van der Waals surface area (Å²) in [6, 6.07) is 6.73. The van der Waals surface area contributed by atoms with Crippen LogP contribution in [-0.4, -0.2) is 26.8 Å². The lowest BCUT2D eigenvalue weighted by Gasteiger charge is -2.35. The highest BCUT2D eigenvalue weighted by atomic mass is 32.1. The molecule has 4 heterocycles. The molecule has 4 nitrogen and oxygen atoms in total. The summed E-state index contributed by atoms with van der Waals surface area (Å²) in [4.78, 5) is 24.3. The summed E-state index contributed by atoms with van der Waals surface area (Å²) in [5.41, 5.74) is 2.15. The predicted molar refractivity (Wildman–Crippen MR) is 89.5 cm³/mol. The molecular formula is C18H14FN3OS. The van der Waals surface area contributed by atoms with Crippen LogP contribution in [0.25, 0.3) is 10.1 Å². The van der Waals surface area contributed by atoms with Crippen LogP contribution in [0.2, 0.25) is 0 Å². The molecule has 2 aliphatic heterocycles. The Hall–Kier alpha value is -2.34. The third-order valence-corrected chi connectivity index (χ3v) is 6.15. The zero-order valence-electron chi connectivity index (χ0n) is 12.8. The Morgan fingerprint density at radius 1 is 1.29 bits per heavy atom. The largest absolute Gasteiger partial charge is 0.327 e. The van der Waals surface area contributed by atoms with Crippen molar-refractivity contribution in [2.75, 3.05) is 0 Å². The molecule has 120 valence electrons. The van der Waals surface area contributed by atoms with Gasteiger partial charge >= 0.3 is 0 Å². The number of halogens is 1. The van der Waals surface area contributed by atoms with Crippen molar-refractivity contribution in [1.29, 1.82) is 0 Å². The molecule has 0 radical (unpaired) electrons. The van der Waals surface area contributed by atoms with Crippen LogP contribution in [0, 0.1) is 5.82 Å². The number of hydrogen-bond donors (Lipinski definition) is 0. The average molecular weight is 339 g/mol. The normalized spacial score (nSPS) is 22.0. The van der Waals surface area contributed by atoms with E-state index >= 15 is 0 Å². The van der Waals surface area contributed by atoms with E-state index in [9.17, 15) is 9.18 Å². The number of carbonyl (C=O) groups excluding carboxylic acids is 1. The monoisotopic (exact) mass is 339 g/mol. The maximum atomic E-state index is 13.4. The van der Waals surface area contributed by atoms with Gasteiger partial charge in [-0.15, -0.1) is 11.3 Å². The van der Waals surface area contributed by atoms with Crippen molar-refractivity contribution in [2.45, 2.75) is 31.3 Å². The standard InChI is InChI=1S/C18H14FN3OS/c19-11-1-4-16-10(5-11)6-17(24-16)18(23)22-12-2-3-15(22)13-8-20-9-21-14(13)7-12/h1,4-6,8-9,12,15H,2-3,7H2. The molecule has 24 heavy (non-hydrogen) atoms. The lowest BCUT2D eigenvalue weighted by molar-refractivity contribution is 0.0649. The molecule has 2 aromatic heterocycles. The maximum Gasteiger partial charge on any atom is 0.264 e. The number of rotatable bonds is 1. The first-order valence-corrected chi connectivity index (χ1v) is 8.83. The minimum Gasteiger partial charge on any atom is -0.327 e. The minimum absolute atomic E-state index is 0.0404. The highest BCUT2D eigenvalue weighted by Gasteiger charge is 2.43. The number of hydrogen-bond acceptors (Lipinski definition) is 4. The Morgan fingerprint density at radius 2 is 2.21 bits per heavy atom. The van der Waals surface area contributed by atoms with Crippen LogP contribution in [-0.2, 0) is 6.42 Å². The number of thiophene rings is 1. The highest BCUT2D eigenvalue weighted by molar-refractivity contribution is 7.20. The van der Waals surface area contributed by atoms with Crippen molar-refractivity contribution < 1.29 is 9.18 Å². The van der Waals surface area contributed by atoms with Crippen LogP contribution in [0.15, 0.2) is 36.8 Å². The molecule has 1 saturated heterocycles. The van der Waals surface area contributed by atoms with Crippen molar-refractivity contribution >= 4 is 27.3 Å². The topological polar surface area (TPSA) is 46.1 Å². The molecule has 0 aliphatic carbocycles. The number of amides is 1. The predicted octanol–water partition coefficient (Wildman–Crippen LogP) is 3.73. The second-order valence-electron chi connectivity index (χ2n) is 6.38. The Balaban J connectivity index is 1.55. The van der Waals surface area contributed by atoms with Crippen molar-refractivity contribution in [3.05, 3.63) is 58.7 Å². The molecular weight excluding hydrogens is 325 g/mol. The Morgan fingerprint density at radius 3 is 3.12 bits per heavy atom. The van der Waals surface area contributed by atoms with E-state index in [-0.39, 0.29) is 23.8 Å². The number of aromatic nitrogens is 2.